The van der Waals surface area contributed by atoms with E-state index in [0.29, 0.717) is 6.54 Å². The average molecular weight is 225 g/mol. The maximum Gasteiger partial charge on any atom is 0.235 e. The van der Waals surface area contributed by atoms with Crippen molar-refractivity contribution in [2.24, 2.45) is 0 Å². The Bertz CT molecular complexity index is 111. The molecule has 82 valence electrons. The summed E-state index contributed by atoms with van der Waals surface area (Å²) in [5.41, 5.74) is 0. The van der Waals surface area contributed by atoms with Crippen molar-refractivity contribution < 1.29 is 4.79 Å². The third-order valence-electron chi connectivity index (χ3n) is 0.893. The molecule has 0 atom stereocenters. The second kappa shape index (κ2) is 12.2. The highest BCUT2D eigenvalue weighted by atomic mass is 32.1. The number of carbonyl (C=O) groups excluding carboxylic acids is 1. The number of hydrogen-bond donors (Lipinski definition) is 3. The van der Waals surface area contributed by atoms with Crippen LogP contribution in [-0.2, 0) is 4.79 Å². The monoisotopic (exact) mass is 225 g/mol. The van der Waals surface area contributed by atoms with Crippen molar-refractivity contribution in [3.05, 3.63) is 0 Å². The van der Waals surface area contributed by atoms with Crippen LogP contribution in [0.25, 0.3) is 0 Å². The molecule has 0 aliphatic heterocycles. The summed E-state index contributed by atoms with van der Waals surface area (Å²) in [7, 11) is 0. The van der Waals surface area contributed by atoms with Crippen LogP contribution in [0.5, 0.6) is 0 Å². The van der Waals surface area contributed by atoms with Gasteiger partial charge in [0, 0.05) is 6.54 Å². The molecule has 13 heavy (non-hydrogen) atoms. The van der Waals surface area contributed by atoms with Gasteiger partial charge in [-0.15, -0.1) is 0 Å². The lowest BCUT2D eigenvalue weighted by atomic mass is 10.2. The smallest absolute Gasteiger partial charge is 0.235 e. The van der Waals surface area contributed by atoms with Gasteiger partial charge in [0.2, 0.25) is 5.91 Å². The molecule has 0 unspecified atom stereocenters. The molecule has 0 bridgehead atoms. The third-order valence-corrected chi connectivity index (χ3v) is 1.10. The Balaban J connectivity index is -0.000000218. The molecule has 0 spiro atoms. The minimum absolute atomic E-state index is 0.0201. The highest BCUT2D eigenvalue weighted by Gasteiger charge is 2.20. The van der Waals surface area contributed by atoms with Crippen molar-refractivity contribution in [1.82, 2.24) is 5.32 Å². The number of amides is 1. The lowest BCUT2D eigenvalue weighted by Gasteiger charge is -2.15. The first-order chi connectivity index (χ1) is 5.98. The maximum absolute atomic E-state index is 10.9. The Morgan fingerprint density at radius 3 is 1.69 bits per heavy atom. The second-order valence-electron chi connectivity index (χ2n) is 2.42. The van der Waals surface area contributed by atoms with Crippen molar-refractivity contribution in [3.63, 3.8) is 0 Å². The average Bonchev–Trinajstić information content (AvgIpc) is 2.10. The van der Waals surface area contributed by atoms with E-state index in [2.05, 4.69) is 30.6 Å². The normalized spacial score (nSPS) is 8.62. The number of hydrogen-bond acceptors (Lipinski definition) is 3. The van der Waals surface area contributed by atoms with Crippen LogP contribution in [0.4, 0.5) is 0 Å². The van der Waals surface area contributed by atoms with Crippen LogP contribution in [0.15, 0.2) is 0 Å². The van der Waals surface area contributed by atoms with Gasteiger partial charge in [-0.05, 0) is 27.0 Å². The van der Waals surface area contributed by atoms with E-state index in [4.69, 9.17) is 0 Å². The van der Waals surface area contributed by atoms with Gasteiger partial charge in [-0.3, -0.25) is 4.79 Å². The van der Waals surface area contributed by atoms with Gasteiger partial charge >= 0.3 is 0 Å². The zero-order valence-corrected chi connectivity index (χ0v) is 11.3. The molecule has 0 saturated carbocycles. The molecule has 0 aliphatic rings. The van der Waals surface area contributed by atoms with Crippen LogP contribution in [0.1, 0.15) is 34.6 Å². The van der Waals surface area contributed by atoms with E-state index in [1.807, 2.05) is 20.8 Å². The summed E-state index contributed by atoms with van der Waals surface area (Å²) < 4.78 is -0.546. The van der Waals surface area contributed by atoms with Crippen molar-refractivity contribution in [3.8, 4) is 0 Å². The number of thiol groups is 2. The predicted octanol–water partition coefficient (Wildman–Crippen LogP) is 2.40. The summed E-state index contributed by atoms with van der Waals surface area (Å²) in [4.78, 5) is 10.9. The molecule has 0 fully saturated rings. The van der Waals surface area contributed by atoms with Gasteiger partial charge in [-0.2, -0.15) is 25.3 Å². The fourth-order valence-electron chi connectivity index (χ4n) is 0.377. The topological polar surface area (TPSA) is 29.1 Å². The highest BCUT2D eigenvalue weighted by Crippen LogP contribution is 2.10. The molecule has 0 heterocycles. The van der Waals surface area contributed by atoms with Crippen LogP contribution >= 0.6 is 25.3 Å². The van der Waals surface area contributed by atoms with Gasteiger partial charge in [0.05, 0.1) is 4.75 Å². The lowest BCUT2D eigenvalue weighted by Crippen LogP contribution is -2.37. The van der Waals surface area contributed by atoms with E-state index in [1.54, 1.807) is 20.1 Å². The summed E-state index contributed by atoms with van der Waals surface area (Å²) in [6, 6.07) is 0. The molecule has 2 nitrogen and oxygen atoms in total. The SMILES string of the molecule is CC.CCNC(=O)C(C)(C)S.CS. The molecule has 0 aromatic carbocycles. The maximum atomic E-state index is 10.9. The summed E-state index contributed by atoms with van der Waals surface area (Å²) >= 11 is 7.60. The fourth-order valence-corrected chi connectivity index (χ4v) is 0.456. The molecule has 0 radical (unpaired) electrons. The molecular weight excluding hydrogens is 202 g/mol. The molecule has 0 aliphatic carbocycles. The first kappa shape index (κ1) is 18.9. The Morgan fingerprint density at radius 2 is 1.62 bits per heavy atom. The van der Waals surface area contributed by atoms with Crippen molar-refractivity contribution in [2.75, 3.05) is 12.8 Å². The second-order valence-corrected chi connectivity index (χ2v) is 3.54. The lowest BCUT2D eigenvalue weighted by molar-refractivity contribution is -0.122. The predicted molar refractivity (Wildman–Crippen MR) is 68.0 cm³/mol. The van der Waals surface area contributed by atoms with Crippen LogP contribution < -0.4 is 5.32 Å². The first-order valence-corrected chi connectivity index (χ1v) is 5.78. The molecule has 0 aromatic rings. The summed E-state index contributed by atoms with van der Waals surface area (Å²) in [5.74, 6) is -0.0201. The molecule has 0 saturated heterocycles. The van der Waals surface area contributed by atoms with Crippen molar-refractivity contribution in [2.45, 2.75) is 39.4 Å². The van der Waals surface area contributed by atoms with Gasteiger partial charge in [0.25, 0.3) is 0 Å². The number of carbonyl (C=O) groups is 1. The molecule has 1 N–H and O–H groups in total. The fraction of sp³-hybridized carbons (Fsp3) is 0.889. The van der Waals surface area contributed by atoms with Crippen LogP contribution in [-0.4, -0.2) is 23.5 Å². The number of nitrogens with one attached hydrogen (secondary N) is 1. The minimum Gasteiger partial charge on any atom is -0.355 e. The summed E-state index contributed by atoms with van der Waals surface area (Å²) in [5, 5.41) is 2.67. The Kier molecular flexibility index (Phi) is 17.7. The van der Waals surface area contributed by atoms with Gasteiger partial charge in [0.15, 0.2) is 0 Å². The Labute approximate surface area is 93.7 Å². The standard InChI is InChI=1S/C6H13NOS.C2H6.CH4S/c1-4-7-5(8)6(2,3)9;2*1-2/h9H,4H2,1-3H3,(H,7,8);1-2H3;2H,1H3. The quantitative estimate of drug-likeness (QED) is 0.619. The van der Waals surface area contributed by atoms with E-state index in [9.17, 15) is 4.79 Å². The Morgan fingerprint density at radius 1 is 1.31 bits per heavy atom. The molecule has 0 rings (SSSR count). The van der Waals surface area contributed by atoms with Crippen molar-refractivity contribution >= 4 is 31.2 Å². The number of rotatable bonds is 2. The van der Waals surface area contributed by atoms with Crippen LogP contribution in [0.2, 0.25) is 0 Å². The van der Waals surface area contributed by atoms with Gasteiger partial charge in [-0.1, -0.05) is 13.8 Å². The van der Waals surface area contributed by atoms with Gasteiger partial charge in [0.1, 0.15) is 0 Å². The highest BCUT2D eigenvalue weighted by molar-refractivity contribution is 7.82. The largest absolute Gasteiger partial charge is 0.355 e. The van der Waals surface area contributed by atoms with Crippen LogP contribution in [0, 0.1) is 0 Å². The van der Waals surface area contributed by atoms with Gasteiger partial charge < -0.3 is 5.32 Å². The molecule has 1 amide bonds. The molecule has 0 aromatic heterocycles. The molecular formula is C9H23NOS2. The Hall–Kier alpha value is 0.170. The zero-order valence-electron chi connectivity index (χ0n) is 9.51. The van der Waals surface area contributed by atoms with E-state index in [0.717, 1.165) is 0 Å². The minimum atomic E-state index is -0.546. The van der Waals surface area contributed by atoms with E-state index >= 15 is 0 Å². The summed E-state index contributed by atoms with van der Waals surface area (Å²) in [6.07, 6.45) is 1.69. The van der Waals surface area contributed by atoms with Gasteiger partial charge in [-0.25, -0.2) is 0 Å². The van der Waals surface area contributed by atoms with Crippen LogP contribution in [0.3, 0.4) is 0 Å². The third kappa shape index (κ3) is 15.0. The van der Waals surface area contributed by atoms with E-state index in [-0.39, 0.29) is 5.91 Å². The summed E-state index contributed by atoms with van der Waals surface area (Å²) in [6.45, 7) is 10.1. The first-order valence-electron chi connectivity index (χ1n) is 4.44. The molecule has 4 heteroatoms. The van der Waals surface area contributed by atoms with Crippen molar-refractivity contribution in [1.29, 1.82) is 0 Å². The van der Waals surface area contributed by atoms with E-state index < -0.39 is 4.75 Å². The van der Waals surface area contributed by atoms with E-state index in [1.165, 1.54) is 0 Å². The zero-order chi connectivity index (χ0) is 11.5.